The van der Waals surface area contributed by atoms with Crippen LogP contribution < -0.4 is 10.9 Å². The van der Waals surface area contributed by atoms with Crippen molar-refractivity contribution in [2.24, 2.45) is 5.92 Å². The molecular formula is C11H17BrN4O. The van der Waals surface area contributed by atoms with E-state index in [4.69, 9.17) is 0 Å². The molecule has 1 aromatic rings. The Labute approximate surface area is 109 Å². The maximum Gasteiger partial charge on any atom is 0.280 e. The summed E-state index contributed by atoms with van der Waals surface area (Å²) in [5.74, 6) is 0.555. The summed E-state index contributed by atoms with van der Waals surface area (Å²) in [4.78, 5) is 13.7. The summed E-state index contributed by atoms with van der Waals surface area (Å²) in [5.41, 5.74) is 0.575. The summed E-state index contributed by atoms with van der Waals surface area (Å²) in [6, 6.07) is 0.395. The Morgan fingerprint density at radius 3 is 3.12 bits per heavy atom. The highest BCUT2D eigenvalue weighted by Gasteiger charge is 2.24. The van der Waals surface area contributed by atoms with Crippen molar-refractivity contribution in [1.29, 1.82) is 0 Å². The van der Waals surface area contributed by atoms with Crippen molar-refractivity contribution >= 4 is 21.6 Å². The summed E-state index contributed by atoms with van der Waals surface area (Å²) < 4.78 is 0.527. The summed E-state index contributed by atoms with van der Waals surface area (Å²) in [5, 5.41) is 9.61. The molecule has 2 unspecified atom stereocenters. The molecule has 94 valence electrons. The fraction of sp³-hybridized carbons (Fsp3) is 0.636. The van der Waals surface area contributed by atoms with Crippen molar-refractivity contribution in [1.82, 2.24) is 15.1 Å². The zero-order valence-electron chi connectivity index (χ0n) is 10.0. The SMILES string of the molecule is CC1CN(C)CCC1Nc1cn[nH]c(=O)c1Br. The fourth-order valence-corrected chi connectivity index (χ4v) is 2.56. The number of nitrogens with one attached hydrogen (secondary N) is 2. The van der Waals surface area contributed by atoms with E-state index in [-0.39, 0.29) is 5.56 Å². The molecule has 2 rings (SSSR count). The highest BCUT2D eigenvalue weighted by Crippen LogP contribution is 2.23. The first-order chi connectivity index (χ1) is 8.08. The van der Waals surface area contributed by atoms with E-state index in [2.05, 4.69) is 50.3 Å². The lowest BCUT2D eigenvalue weighted by atomic mass is 9.94. The third-order valence-electron chi connectivity index (χ3n) is 3.24. The van der Waals surface area contributed by atoms with Gasteiger partial charge in [0.2, 0.25) is 0 Å². The van der Waals surface area contributed by atoms with Gasteiger partial charge >= 0.3 is 0 Å². The van der Waals surface area contributed by atoms with Crippen LogP contribution in [0.4, 0.5) is 5.69 Å². The van der Waals surface area contributed by atoms with Gasteiger partial charge in [-0.3, -0.25) is 4.79 Å². The molecule has 0 aromatic carbocycles. The topological polar surface area (TPSA) is 61.0 Å². The molecule has 0 saturated carbocycles. The molecule has 0 spiro atoms. The van der Waals surface area contributed by atoms with Crippen LogP contribution in [0.2, 0.25) is 0 Å². The normalized spacial score (nSPS) is 25.8. The van der Waals surface area contributed by atoms with E-state index in [1.807, 2.05) is 0 Å². The molecule has 0 bridgehead atoms. The van der Waals surface area contributed by atoms with Gasteiger partial charge in [0.25, 0.3) is 5.56 Å². The Balaban J connectivity index is 2.10. The van der Waals surface area contributed by atoms with Gasteiger partial charge in [-0.1, -0.05) is 6.92 Å². The molecular weight excluding hydrogens is 284 g/mol. The first kappa shape index (κ1) is 12.6. The van der Waals surface area contributed by atoms with Crippen LogP contribution >= 0.6 is 15.9 Å². The minimum atomic E-state index is -0.199. The van der Waals surface area contributed by atoms with Gasteiger partial charge in [0.15, 0.2) is 0 Å². The third kappa shape index (κ3) is 2.87. The maximum atomic E-state index is 11.4. The molecule has 6 heteroatoms. The third-order valence-corrected chi connectivity index (χ3v) is 4.03. The summed E-state index contributed by atoms with van der Waals surface area (Å²) >= 11 is 3.28. The Morgan fingerprint density at radius 1 is 1.65 bits per heavy atom. The van der Waals surface area contributed by atoms with Crippen molar-refractivity contribution < 1.29 is 0 Å². The number of nitrogens with zero attached hydrogens (tertiary/aromatic N) is 2. The van der Waals surface area contributed by atoms with E-state index >= 15 is 0 Å². The Kier molecular flexibility index (Phi) is 3.83. The van der Waals surface area contributed by atoms with Gasteiger partial charge in [-0.15, -0.1) is 0 Å². The minimum absolute atomic E-state index is 0.199. The maximum absolute atomic E-state index is 11.4. The molecule has 1 saturated heterocycles. The monoisotopic (exact) mass is 300 g/mol. The second-order valence-corrected chi connectivity index (χ2v) is 5.50. The van der Waals surface area contributed by atoms with Gasteiger partial charge in [0, 0.05) is 12.6 Å². The van der Waals surface area contributed by atoms with E-state index in [1.54, 1.807) is 6.20 Å². The van der Waals surface area contributed by atoms with Gasteiger partial charge in [-0.05, 0) is 41.9 Å². The zero-order valence-corrected chi connectivity index (χ0v) is 11.6. The lowest BCUT2D eigenvalue weighted by molar-refractivity contribution is 0.206. The van der Waals surface area contributed by atoms with Gasteiger partial charge in [0.05, 0.1) is 11.9 Å². The summed E-state index contributed by atoms with van der Waals surface area (Å²) in [6.45, 7) is 4.38. The number of halogens is 1. The smallest absolute Gasteiger partial charge is 0.280 e. The number of aromatic nitrogens is 2. The van der Waals surface area contributed by atoms with Crippen molar-refractivity contribution in [2.75, 3.05) is 25.5 Å². The molecule has 17 heavy (non-hydrogen) atoms. The van der Waals surface area contributed by atoms with Crippen molar-refractivity contribution in [3.05, 3.63) is 21.0 Å². The van der Waals surface area contributed by atoms with E-state index < -0.39 is 0 Å². The Bertz CT molecular complexity index is 447. The second kappa shape index (κ2) is 5.18. The lowest BCUT2D eigenvalue weighted by Crippen LogP contribution is -2.43. The number of piperidine rings is 1. The molecule has 0 aliphatic carbocycles. The molecule has 1 aromatic heterocycles. The van der Waals surface area contributed by atoms with E-state index in [1.165, 1.54) is 0 Å². The van der Waals surface area contributed by atoms with E-state index in [9.17, 15) is 4.79 Å². The van der Waals surface area contributed by atoms with Crippen molar-refractivity contribution in [2.45, 2.75) is 19.4 Å². The molecule has 1 aliphatic rings. The van der Waals surface area contributed by atoms with Gasteiger partial charge in [-0.25, -0.2) is 5.10 Å². The van der Waals surface area contributed by atoms with Crippen LogP contribution in [0.15, 0.2) is 15.5 Å². The van der Waals surface area contributed by atoms with E-state index in [0.29, 0.717) is 16.4 Å². The number of likely N-dealkylation sites (tertiary alicyclic amines) is 1. The Morgan fingerprint density at radius 2 is 2.41 bits per heavy atom. The minimum Gasteiger partial charge on any atom is -0.380 e. The average molecular weight is 301 g/mol. The molecule has 2 N–H and O–H groups in total. The first-order valence-electron chi connectivity index (χ1n) is 5.76. The number of rotatable bonds is 2. The summed E-state index contributed by atoms with van der Waals surface area (Å²) in [6.07, 6.45) is 2.73. The first-order valence-corrected chi connectivity index (χ1v) is 6.55. The molecule has 5 nitrogen and oxygen atoms in total. The fourth-order valence-electron chi connectivity index (χ4n) is 2.25. The van der Waals surface area contributed by atoms with E-state index in [0.717, 1.165) is 25.2 Å². The van der Waals surface area contributed by atoms with Crippen LogP contribution in [0.5, 0.6) is 0 Å². The van der Waals surface area contributed by atoms with Gasteiger partial charge < -0.3 is 10.2 Å². The molecule has 0 amide bonds. The average Bonchev–Trinajstić information content (AvgIpc) is 2.28. The highest BCUT2D eigenvalue weighted by atomic mass is 79.9. The van der Waals surface area contributed by atoms with Crippen LogP contribution in [0.1, 0.15) is 13.3 Å². The molecule has 1 fully saturated rings. The van der Waals surface area contributed by atoms with Crippen molar-refractivity contribution in [3.8, 4) is 0 Å². The van der Waals surface area contributed by atoms with Crippen LogP contribution in [0, 0.1) is 5.92 Å². The predicted octanol–water partition coefficient (Wildman–Crippen LogP) is 1.28. The summed E-state index contributed by atoms with van der Waals surface area (Å²) in [7, 11) is 2.14. The Hall–Kier alpha value is -0.880. The molecule has 1 aliphatic heterocycles. The van der Waals surface area contributed by atoms with Crippen LogP contribution in [0.3, 0.4) is 0 Å². The molecule has 0 radical (unpaired) electrons. The lowest BCUT2D eigenvalue weighted by Gasteiger charge is -2.35. The van der Waals surface area contributed by atoms with Crippen molar-refractivity contribution in [3.63, 3.8) is 0 Å². The number of anilines is 1. The molecule has 2 atom stereocenters. The van der Waals surface area contributed by atoms with Gasteiger partial charge in [0.1, 0.15) is 4.47 Å². The number of hydrogen-bond donors (Lipinski definition) is 2. The standard InChI is InChI=1S/C11H17BrN4O/c1-7-6-16(2)4-3-8(7)14-9-5-13-15-11(17)10(9)12/h5,7-8H,3-4,6H2,1-2H3,(H2,14,15,17). The van der Waals surface area contributed by atoms with Crippen LogP contribution in [-0.2, 0) is 0 Å². The van der Waals surface area contributed by atoms with Gasteiger partial charge in [-0.2, -0.15) is 5.10 Å². The van der Waals surface area contributed by atoms with Crippen LogP contribution in [0.25, 0.3) is 0 Å². The van der Waals surface area contributed by atoms with Crippen LogP contribution in [-0.4, -0.2) is 41.3 Å². The second-order valence-electron chi connectivity index (χ2n) is 4.71. The molecule has 2 heterocycles. The number of hydrogen-bond acceptors (Lipinski definition) is 4. The number of H-pyrrole nitrogens is 1. The predicted molar refractivity (Wildman–Crippen MR) is 71.2 cm³/mol. The quantitative estimate of drug-likeness (QED) is 0.864. The number of aromatic amines is 1. The highest BCUT2D eigenvalue weighted by molar-refractivity contribution is 9.10. The zero-order chi connectivity index (χ0) is 12.4. The largest absolute Gasteiger partial charge is 0.380 e.